The van der Waals surface area contributed by atoms with Crippen molar-refractivity contribution in [1.82, 2.24) is 4.57 Å². The van der Waals surface area contributed by atoms with Crippen molar-refractivity contribution in [2.75, 3.05) is 0 Å². The minimum Gasteiger partial charge on any atom is -0.492 e. The minimum absolute atomic E-state index is 0.0764. The Morgan fingerprint density at radius 3 is 2.50 bits per heavy atom. The van der Waals surface area contributed by atoms with Gasteiger partial charge >= 0.3 is 5.76 Å². The molecule has 1 heterocycles. The summed E-state index contributed by atoms with van der Waals surface area (Å²) in [4.78, 5) is 10.7. The SMILES string of the molecule is CCn1c(O)c(C)oc1=O. The molecule has 0 fully saturated rings. The fraction of sp³-hybridized carbons (Fsp3) is 0.500. The van der Waals surface area contributed by atoms with E-state index in [2.05, 4.69) is 4.42 Å². The van der Waals surface area contributed by atoms with Crippen LogP contribution < -0.4 is 5.76 Å². The van der Waals surface area contributed by atoms with E-state index in [4.69, 9.17) is 5.11 Å². The van der Waals surface area contributed by atoms with Crippen LogP contribution in [0.5, 0.6) is 5.88 Å². The first-order valence-corrected chi connectivity index (χ1v) is 3.06. The highest BCUT2D eigenvalue weighted by molar-refractivity contribution is 5.11. The highest BCUT2D eigenvalue weighted by Gasteiger charge is 2.08. The van der Waals surface area contributed by atoms with Crippen LogP contribution in [0.25, 0.3) is 0 Å². The molecule has 0 saturated carbocycles. The highest BCUT2D eigenvalue weighted by atomic mass is 16.4. The van der Waals surface area contributed by atoms with Gasteiger partial charge in [-0.3, -0.25) is 0 Å². The minimum atomic E-state index is -0.502. The summed E-state index contributed by atoms with van der Waals surface area (Å²) >= 11 is 0. The first-order chi connectivity index (χ1) is 4.66. The van der Waals surface area contributed by atoms with Crippen molar-refractivity contribution in [3.8, 4) is 5.88 Å². The monoisotopic (exact) mass is 143 g/mol. The third-order valence-electron chi connectivity index (χ3n) is 1.35. The van der Waals surface area contributed by atoms with Crippen LogP contribution in [0, 0.1) is 6.92 Å². The third kappa shape index (κ3) is 0.814. The van der Waals surface area contributed by atoms with E-state index < -0.39 is 5.76 Å². The van der Waals surface area contributed by atoms with Crippen LogP contribution in [0.3, 0.4) is 0 Å². The summed E-state index contributed by atoms with van der Waals surface area (Å²) in [7, 11) is 0. The van der Waals surface area contributed by atoms with Crippen LogP contribution in [0.1, 0.15) is 12.7 Å². The van der Waals surface area contributed by atoms with Gasteiger partial charge in [0.25, 0.3) is 0 Å². The number of hydrogen-bond donors (Lipinski definition) is 1. The van der Waals surface area contributed by atoms with E-state index in [0.29, 0.717) is 6.54 Å². The van der Waals surface area contributed by atoms with Crippen LogP contribution in [0.4, 0.5) is 0 Å². The van der Waals surface area contributed by atoms with E-state index in [1.54, 1.807) is 13.8 Å². The number of aromatic hydroxyl groups is 1. The second kappa shape index (κ2) is 2.21. The fourth-order valence-corrected chi connectivity index (χ4v) is 0.787. The van der Waals surface area contributed by atoms with E-state index in [-0.39, 0.29) is 11.6 Å². The maximum Gasteiger partial charge on any atom is 0.422 e. The van der Waals surface area contributed by atoms with Gasteiger partial charge in [-0.15, -0.1) is 0 Å². The molecule has 0 radical (unpaired) electrons. The molecule has 0 atom stereocenters. The zero-order valence-corrected chi connectivity index (χ0v) is 5.92. The Labute approximate surface area is 57.7 Å². The summed E-state index contributed by atoms with van der Waals surface area (Å²) in [5, 5.41) is 9.09. The summed E-state index contributed by atoms with van der Waals surface area (Å²) < 4.78 is 5.76. The molecule has 0 saturated heterocycles. The molecular formula is C6H9NO3. The van der Waals surface area contributed by atoms with Gasteiger partial charge in [-0.25, -0.2) is 9.36 Å². The van der Waals surface area contributed by atoms with Crippen molar-refractivity contribution in [1.29, 1.82) is 0 Å². The van der Waals surface area contributed by atoms with Crippen molar-refractivity contribution in [3.05, 3.63) is 16.3 Å². The molecule has 10 heavy (non-hydrogen) atoms. The molecule has 1 aromatic rings. The van der Waals surface area contributed by atoms with E-state index in [9.17, 15) is 4.79 Å². The van der Waals surface area contributed by atoms with Crippen molar-refractivity contribution < 1.29 is 9.52 Å². The zero-order valence-electron chi connectivity index (χ0n) is 5.92. The van der Waals surface area contributed by atoms with Gasteiger partial charge in [0.15, 0.2) is 5.76 Å². The largest absolute Gasteiger partial charge is 0.492 e. The standard InChI is InChI=1S/C6H9NO3/c1-3-7-5(8)4(2)10-6(7)9/h8H,3H2,1-2H3. The molecule has 0 aliphatic heterocycles. The molecule has 1 rings (SSSR count). The smallest absolute Gasteiger partial charge is 0.422 e. The van der Waals surface area contributed by atoms with Crippen LogP contribution in [-0.4, -0.2) is 9.67 Å². The Morgan fingerprint density at radius 1 is 1.70 bits per heavy atom. The molecule has 0 amide bonds. The first-order valence-electron chi connectivity index (χ1n) is 3.06. The molecule has 4 heteroatoms. The van der Waals surface area contributed by atoms with E-state index >= 15 is 0 Å². The van der Waals surface area contributed by atoms with Crippen LogP contribution in [-0.2, 0) is 6.54 Å². The maximum absolute atomic E-state index is 10.7. The summed E-state index contributed by atoms with van der Waals surface area (Å²) in [5.41, 5.74) is 0. The fourth-order valence-electron chi connectivity index (χ4n) is 0.787. The Bertz CT molecular complexity index is 284. The highest BCUT2D eigenvalue weighted by Crippen LogP contribution is 2.11. The van der Waals surface area contributed by atoms with Crippen molar-refractivity contribution in [2.24, 2.45) is 0 Å². The topological polar surface area (TPSA) is 55.4 Å². The quantitative estimate of drug-likeness (QED) is 0.621. The second-order valence-corrected chi connectivity index (χ2v) is 1.99. The van der Waals surface area contributed by atoms with Crippen molar-refractivity contribution >= 4 is 0 Å². The molecule has 1 N–H and O–H groups in total. The van der Waals surface area contributed by atoms with Crippen molar-refractivity contribution in [3.63, 3.8) is 0 Å². The number of aromatic nitrogens is 1. The number of rotatable bonds is 1. The molecule has 56 valence electrons. The lowest BCUT2D eigenvalue weighted by molar-refractivity contribution is 0.414. The zero-order chi connectivity index (χ0) is 7.72. The van der Waals surface area contributed by atoms with Gasteiger partial charge < -0.3 is 9.52 Å². The number of oxazole rings is 1. The van der Waals surface area contributed by atoms with Gasteiger partial charge in [-0.2, -0.15) is 0 Å². The summed E-state index contributed by atoms with van der Waals surface area (Å²) in [6.07, 6.45) is 0. The van der Waals surface area contributed by atoms with Gasteiger partial charge in [-0.05, 0) is 13.8 Å². The number of hydrogen-bond acceptors (Lipinski definition) is 3. The van der Waals surface area contributed by atoms with Crippen LogP contribution >= 0.6 is 0 Å². The lowest BCUT2D eigenvalue weighted by Gasteiger charge is -1.92. The average molecular weight is 143 g/mol. The predicted octanol–water partition coefficient (Wildman–Crippen LogP) is 0.475. The second-order valence-electron chi connectivity index (χ2n) is 1.99. The maximum atomic E-state index is 10.7. The van der Waals surface area contributed by atoms with Crippen molar-refractivity contribution in [2.45, 2.75) is 20.4 Å². The molecule has 0 spiro atoms. The number of nitrogens with zero attached hydrogens (tertiary/aromatic N) is 1. The van der Waals surface area contributed by atoms with Gasteiger partial charge in [-0.1, -0.05) is 0 Å². The summed E-state index contributed by atoms with van der Waals surface area (Å²) in [6, 6.07) is 0. The van der Waals surface area contributed by atoms with Crippen LogP contribution in [0.15, 0.2) is 9.21 Å². The van der Waals surface area contributed by atoms with E-state index in [1.807, 2.05) is 0 Å². The molecule has 0 aliphatic carbocycles. The van der Waals surface area contributed by atoms with Gasteiger partial charge in [0, 0.05) is 6.54 Å². The Kier molecular flexibility index (Phi) is 1.53. The predicted molar refractivity (Wildman–Crippen MR) is 35.0 cm³/mol. The summed E-state index contributed by atoms with van der Waals surface area (Å²) in [5.74, 6) is -0.308. The van der Waals surface area contributed by atoms with E-state index in [0.717, 1.165) is 4.57 Å². The molecular weight excluding hydrogens is 134 g/mol. The first kappa shape index (κ1) is 6.92. The lowest BCUT2D eigenvalue weighted by atomic mass is 10.5. The number of aryl methyl sites for hydroxylation is 1. The van der Waals surface area contributed by atoms with Crippen LogP contribution in [0.2, 0.25) is 0 Å². The molecule has 4 nitrogen and oxygen atoms in total. The molecule has 0 aromatic carbocycles. The Morgan fingerprint density at radius 2 is 2.30 bits per heavy atom. The Hall–Kier alpha value is -1.19. The van der Waals surface area contributed by atoms with Gasteiger partial charge in [0.1, 0.15) is 0 Å². The van der Waals surface area contributed by atoms with Gasteiger partial charge in [0.05, 0.1) is 0 Å². The summed E-state index contributed by atoms with van der Waals surface area (Å²) in [6.45, 7) is 3.74. The lowest BCUT2D eigenvalue weighted by Crippen LogP contribution is -2.11. The molecule has 1 aromatic heterocycles. The third-order valence-corrected chi connectivity index (χ3v) is 1.35. The Balaban J connectivity index is 3.34. The van der Waals surface area contributed by atoms with E-state index in [1.165, 1.54) is 0 Å². The molecule has 0 unspecified atom stereocenters. The average Bonchev–Trinajstić information content (AvgIpc) is 2.09. The molecule has 0 bridgehead atoms. The van der Waals surface area contributed by atoms with Gasteiger partial charge in [0.2, 0.25) is 5.88 Å². The normalized spacial score (nSPS) is 10.2. The molecule has 0 aliphatic rings.